The molecule has 218 valence electrons. The summed E-state index contributed by atoms with van der Waals surface area (Å²) < 4.78 is 11.9. The largest absolute Gasteiger partial charge is 0.422 e. The Morgan fingerprint density at radius 1 is 0.500 bits per heavy atom. The number of hydrogen-bond donors (Lipinski definition) is 0. The van der Waals surface area contributed by atoms with Crippen LogP contribution in [-0.4, -0.2) is 11.9 Å². The Hall–Kier alpha value is -5.48. The molecule has 0 spiro atoms. The summed E-state index contributed by atoms with van der Waals surface area (Å²) in [5.74, 6) is -0.246. The third kappa shape index (κ3) is 6.16. The molecule has 0 N–H and O–H groups in total. The lowest BCUT2D eigenvalue weighted by atomic mass is 9.94. The van der Waals surface area contributed by atoms with E-state index in [1.807, 2.05) is 85.0 Å². The molecule has 0 saturated carbocycles. The maximum atomic E-state index is 13.4. The van der Waals surface area contributed by atoms with Gasteiger partial charge < -0.3 is 9.47 Å². The van der Waals surface area contributed by atoms with Gasteiger partial charge in [0.2, 0.25) is 0 Å². The molecule has 0 aliphatic rings. The van der Waals surface area contributed by atoms with Crippen LogP contribution >= 0.6 is 0 Å². The van der Waals surface area contributed by atoms with E-state index in [1.54, 1.807) is 18.2 Å². The normalized spacial score (nSPS) is 10.7. The van der Waals surface area contributed by atoms with Gasteiger partial charge in [-0.1, -0.05) is 78.9 Å². The molecule has 5 aromatic carbocycles. The van der Waals surface area contributed by atoms with Crippen LogP contribution in [0, 0.1) is 0 Å². The highest BCUT2D eigenvalue weighted by atomic mass is 16.5. The molecule has 4 heteroatoms. The first kappa shape index (κ1) is 30.0. The van der Waals surface area contributed by atoms with E-state index >= 15 is 0 Å². The van der Waals surface area contributed by atoms with Gasteiger partial charge >= 0.3 is 11.9 Å². The first-order valence-corrected chi connectivity index (χ1v) is 14.5. The smallest absolute Gasteiger partial charge is 0.343 e. The summed E-state index contributed by atoms with van der Waals surface area (Å²) >= 11 is 0. The van der Waals surface area contributed by atoms with Gasteiger partial charge in [0.25, 0.3) is 0 Å². The van der Waals surface area contributed by atoms with Gasteiger partial charge in [0, 0.05) is 10.8 Å². The highest BCUT2D eigenvalue weighted by Crippen LogP contribution is 2.35. The van der Waals surface area contributed by atoms with Crippen molar-refractivity contribution < 1.29 is 19.1 Å². The fourth-order valence-corrected chi connectivity index (χ4v) is 5.62. The summed E-state index contributed by atoms with van der Waals surface area (Å²) in [6, 6.07) is 25.8. The van der Waals surface area contributed by atoms with Crippen molar-refractivity contribution in [2.24, 2.45) is 0 Å². The topological polar surface area (TPSA) is 52.6 Å². The predicted octanol–water partition coefficient (Wildman–Crippen LogP) is 9.35. The summed E-state index contributed by atoms with van der Waals surface area (Å²) in [6.07, 6.45) is 10.00. The van der Waals surface area contributed by atoms with Crippen LogP contribution in [0.5, 0.6) is 11.5 Å². The van der Waals surface area contributed by atoms with E-state index in [0.29, 0.717) is 37.2 Å². The average molecular weight is 579 g/mol. The summed E-state index contributed by atoms with van der Waals surface area (Å²) in [5.41, 5.74) is 4.76. The number of carbonyl (C=O) groups excluding carboxylic acids is 2. The number of rotatable bonds is 12. The first-order valence-electron chi connectivity index (χ1n) is 14.5. The lowest BCUT2D eigenvalue weighted by molar-refractivity contribution is 0.0737. The second-order valence-corrected chi connectivity index (χ2v) is 10.4. The summed E-state index contributed by atoms with van der Waals surface area (Å²) in [5, 5.41) is 3.63. The summed E-state index contributed by atoms with van der Waals surface area (Å²) in [4.78, 5) is 26.9. The highest BCUT2D eigenvalue weighted by Gasteiger charge is 2.19. The fourth-order valence-electron chi connectivity index (χ4n) is 5.62. The van der Waals surface area contributed by atoms with Crippen molar-refractivity contribution in [3.05, 3.63) is 169 Å². The van der Waals surface area contributed by atoms with Crippen LogP contribution in [0.4, 0.5) is 0 Å². The Balaban J connectivity index is 1.46. The number of ether oxygens (including phenoxy) is 2. The molecule has 4 nitrogen and oxygen atoms in total. The van der Waals surface area contributed by atoms with E-state index in [2.05, 4.69) is 26.3 Å². The third-order valence-corrected chi connectivity index (χ3v) is 7.59. The number of hydrogen-bond acceptors (Lipinski definition) is 4. The fraction of sp³-hybridized carbons (Fsp3) is 0.100. The van der Waals surface area contributed by atoms with Gasteiger partial charge in [-0.05, 0) is 89.0 Å². The zero-order chi connectivity index (χ0) is 31.1. The van der Waals surface area contributed by atoms with E-state index in [9.17, 15) is 9.59 Å². The van der Waals surface area contributed by atoms with Crippen molar-refractivity contribution >= 4 is 33.5 Å². The van der Waals surface area contributed by atoms with Crippen LogP contribution in [0.25, 0.3) is 21.5 Å². The number of fused-ring (bicyclic) bond motifs is 2. The molecule has 0 aliphatic heterocycles. The van der Waals surface area contributed by atoms with Gasteiger partial charge in [0.1, 0.15) is 11.5 Å². The van der Waals surface area contributed by atoms with Crippen LogP contribution in [-0.2, 0) is 25.7 Å². The molecule has 5 rings (SSSR count). The van der Waals surface area contributed by atoms with Gasteiger partial charge in [-0.2, -0.15) is 0 Å². The summed E-state index contributed by atoms with van der Waals surface area (Å²) in [7, 11) is 0. The van der Waals surface area contributed by atoms with Crippen LogP contribution < -0.4 is 9.47 Å². The number of carbonyl (C=O) groups is 2. The monoisotopic (exact) mass is 578 g/mol. The van der Waals surface area contributed by atoms with E-state index in [1.165, 1.54) is 6.07 Å². The van der Waals surface area contributed by atoms with Gasteiger partial charge in [0.05, 0.1) is 11.1 Å². The van der Waals surface area contributed by atoms with Crippen LogP contribution in [0.15, 0.2) is 136 Å². The highest BCUT2D eigenvalue weighted by molar-refractivity contribution is 6.01. The zero-order valence-electron chi connectivity index (χ0n) is 24.7. The van der Waals surface area contributed by atoms with E-state index in [4.69, 9.17) is 9.47 Å². The quantitative estimate of drug-likeness (QED) is 0.0841. The Bertz CT molecular complexity index is 1790. The van der Waals surface area contributed by atoms with Crippen LogP contribution in [0.1, 0.15) is 43.0 Å². The molecule has 0 heterocycles. The van der Waals surface area contributed by atoms with Crippen molar-refractivity contribution in [3.8, 4) is 11.5 Å². The molecule has 0 aliphatic carbocycles. The van der Waals surface area contributed by atoms with Crippen molar-refractivity contribution in [2.45, 2.75) is 25.7 Å². The van der Waals surface area contributed by atoms with Crippen molar-refractivity contribution in [2.75, 3.05) is 0 Å². The third-order valence-electron chi connectivity index (χ3n) is 7.59. The maximum Gasteiger partial charge on any atom is 0.343 e. The van der Waals surface area contributed by atoms with Crippen molar-refractivity contribution in [1.29, 1.82) is 0 Å². The lowest BCUT2D eigenvalue weighted by Crippen LogP contribution is -2.13. The van der Waals surface area contributed by atoms with Crippen LogP contribution in [0.3, 0.4) is 0 Å². The molecule has 0 radical (unpaired) electrons. The minimum absolute atomic E-state index is 0.238. The van der Waals surface area contributed by atoms with Crippen molar-refractivity contribution in [3.63, 3.8) is 0 Å². The molecule has 5 aromatic rings. The second-order valence-electron chi connectivity index (χ2n) is 10.4. The minimum atomic E-state index is -0.571. The Morgan fingerprint density at radius 3 is 1.27 bits per heavy atom. The molecule has 0 unspecified atom stereocenters. The lowest BCUT2D eigenvalue weighted by Gasteiger charge is -2.16. The number of esters is 2. The molecular weight excluding hydrogens is 544 g/mol. The van der Waals surface area contributed by atoms with E-state index in [0.717, 1.165) is 43.8 Å². The van der Waals surface area contributed by atoms with Gasteiger partial charge in [-0.3, -0.25) is 0 Å². The van der Waals surface area contributed by atoms with Gasteiger partial charge in [-0.25, -0.2) is 9.59 Å². The predicted molar refractivity (Wildman–Crippen MR) is 180 cm³/mol. The first-order chi connectivity index (χ1) is 21.5. The molecule has 0 bridgehead atoms. The molecule has 0 amide bonds. The number of benzene rings is 5. The SMILES string of the molecule is C=CCc1cc(OC(=O)c2cccc(C(=O)Oc3cc(CC=C)c(CC=C)c4ccccc34)c2)c2ccccc2c1CC=C. The van der Waals surface area contributed by atoms with E-state index in [-0.39, 0.29) is 11.1 Å². The Morgan fingerprint density at radius 2 is 0.886 bits per heavy atom. The molecule has 0 atom stereocenters. The molecular formula is C40H34O4. The summed E-state index contributed by atoms with van der Waals surface area (Å²) in [6.45, 7) is 15.6. The van der Waals surface area contributed by atoms with Gasteiger partial charge in [-0.15, -0.1) is 26.3 Å². The molecule has 0 aromatic heterocycles. The average Bonchev–Trinajstić information content (AvgIpc) is 3.04. The number of allylic oxidation sites excluding steroid dienone is 4. The Labute approximate surface area is 258 Å². The van der Waals surface area contributed by atoms with Crippen LogP contribution in [0.2, 0.25) is 0 Å². The maximum absolute atomic E-state index is 13.4. The standard InChI is InChI=1S/C40H34O4/c1-5-14-27-25-37(35-22-11-9-20-33(35)31(27)16-7-3)43-39(41)29-18-13-19-30(24-29)40(42)44-38-26-28(15-6-2)32(17-8-4)34-21-10-12-23-36(34)38/h5-13,18-26H,1-4,14-17H2. The zero-order valence-corrected chi connectivity index (χ0v) is 24.7. The van der Waals surface area contributed by atoms with Gasteiger partial charge in [0.15, 0.2) is 0 Å². The van der Waals surface area contributed by atoms with E-state index < -0.39 is 11.9 Å². The minimum Gasteiger partial charge on any atom is -0.422 e. The molecule has 44 heavy (non-hydrogen) atoms. The second kappa shape index (κ2) is 13.7. The Kier molecular flexibility index (Phi) is 9.31. The molecule has 0 fully saturated rings. The molecule has 0 saturated heterocycles. The van der Waals surface area contributed by atoms with Crippen molar-refractivity contribution in [1.82, 2.24) is 0 Å².